The molecule has 0 saturated carbocycles. The van der Waals surface area contributed by atoms with E-state index in [1.807, 2.05) is 13.8 Å². The number of nitrogens with two attached hydrogens (primary N) is 1. The second-order valence-corrected chi connectivity index (χ2v) is 7.57. The Morgan fingerprint density at radius 1 is 1.35 bits per heavy atom. The zero-order valence-corrected chi connectivity index (χ0v) is 19.6. The highest BCUT2D eigenvalue weighted by Gasteiger charge is 2.16. The molecule has 1 saturated heterocycles. The second-order valence-electron chi connectivity index (χ2n) is 7.57. The molecule has 1 atom stereocenters. The van der Waals surface area contributed by atoms with Crippen LogP contribution in [0, 0.1) is 0 Å². The first kappa shape index (κ1) is 27.0. The molecule has 0 radical (unpaired) electrons. The molecule has 1 aliphatic heterocycles. The number of hydrogen-bond acceptors (Lipinski definition) is 5. The molecule has 6 heteroatoms. The lowest BCUT2D eigenvalue weighted by molar-refractivity contribution is -0.117. The van der Waals surface area contributed by atoms with E-state index in [0.29, 0.717) is 18.7 Å². The lowest BCUT2D eigenvalue weighted by atomic mass is 9.99. The van der Waals surface area contributed by atoms with Crippen molar-refractivity contribution in [3.8, 4) is 0 Å². The van der Waals surface area contributed by atoms with E-state index in [-0.39, 0.29) is 18.2 Å². The molecule has 1 amide bonds. The van der Waals surface area contributed by atoms with Gasteiger partial charge >= 0.3 is 0 Å². The van der Waals surface area contributed by atoms with Gasteiger partial charge in [-0.25, -0.2) is 0 Å². The highest BCUT2D eigenvalue weighted by Crippen LogP contribution is 2.16. The highest BCUT2D eigenvalue weighted by molar-refractivity contribution is 5.99. The van der Waals surface area contributed by atoms with Gasteiger partial charge < -0.3 is 20.5 Å². The quantitative estimate of drug-likeness (QED) is 0.186. The highest BCUT2D eigenvalue weighted by atomic mass is 16.5. The van der Waals surface area contributed by atoms with Crippen molar-refractivity contribution in [2.24, 2.45) is 10.7 Å². The molecule has 0 aromatic rings. The summed E-state index contributed by atoms with van der Waals surface area (Å²) >= 11 is 0. The van der Waals surface area contributed by atoms with Gasteiger partial charge in [0, 0.05) is 38.1 Å². The Bertz CT molecular complexity index is 653. The van der Waals surface area contributed by atoms with Gasteiger partial charge in [-0.3, -0.25) is 9.79 Å². The van der Waals surface area contributed by atoms with Crippen molar-refractivity contribution in [1.82, 2.24) is 5.32 Å². The third-order valence-corrected chi connectivity index (χ3v) is 5.24. The Morgan fingerprint density at radius 3 is 2.71 bits per heavy atom. The van der Waals surface area contributed by atoms with Crippen LogP contribution in [-0.2, 0) is 14.3 Å². The minimum Gasteiger partial charge on any atom is -0.381 e. The van der Waals surface area contributed by atoms with Gasteiger partial charge in [-0.15, -0.1) is 0 Å². The number of ether oxygens (including phenoxy) is 2. The van der Waals surface area contributed by atoms with Crippen LogP contribution in [-0.4, -0.2) is 50.8 Å². The summed E-state index contributed by atoms with van der Waals surface area (Å²) < 4.78 is 11.2. The van der Waals surface area contributed by atoms with Crippen molar-refractivity contribution in [3.05, 3.63) is 47.6 Å². The molecule has 31 heavy (non-hydrogen) atoms. The average Bonchev–Trinajstić information content (AvgIpc) is 2.77. The van der Waals surface area contributed by atoms with Crippen molar-refractivity contribution in [2.45, 2.75) is 71.6 Å². The Balaban J connectivity index is 2.41. The summed E-state index contributed by atoms with van der Waals surface area (Å²) in [6.45, 7) is 12.5. The molecule has 0 bridgehead atoms. The van der Waals surface area contributed by atoms with E-state index in [1.54, 1.807) is 18.4 Å². The van der Waals surface area contributed by atoms with Gasteiger partial charge in [0.1, 0.15) is 6.23 Å². The van der Waals surface area contributed by atoms with Crippen LogP contribution >= 0.6 is 0 Å². The molecule has 1 heterocycles. The Kier molecular flexibility index (Phi) is 14.5. The Morgan fingerprint density at radius 2 is 2.10 bits per heavy atom. The summed E-state index contributed by atoms with van der Waals surface area (Å²) in [6.07, 6.45) is 14.6. The molecule has 0 aliphatic carbocycles. The molecular weight excluding hydrogens is 390 g/mol. The number of allylic oxidation sites excluding steroid dienone is 4. The summed E-state index contributed by atoms with van der Waals surface area (Å²) in [4.78, 5) is 16.7. The number of hydrogen-bond donors (Lipinski definition) is 2. The van der Waals surface area contributed by atoms with Gasteiger partial charge in [0.15, 0.2) is 0 Å². The predicted octanol–water partition coefficient (Wildman–Crippen LogP) is 4.24. The van der Waals surface area contributed by atoms with Crippen molar-refractivity contribution in [2.75, 3.05) is 26.3 Å². The van der Waals surface area contributed by atoms with E-state index >= 15 is 0 Å². The van der Waals surface area contributed by atoms with E-state index in [4.69, 9.17) is 15.2 Å². The number of rotatable bonds is 14. The summed E-state index contributed by atoms with van der Waals surface area (Å²) in [7, 11) is 0. The zero-order valence-electron chi connectivity index (χ0n) is 19.6. The van der Waals surface area contributed by atoms with Crippen LogP contribution in [0.1, 0.15) is 59.3 Å². The largest absolute Gasteiger partial charge is 0.381 e. The number of amides is 1. The molecule has 0 aromatic heterocycles. The van der Waals surface area contributed by atoms with Crippen molar-refractivity contribution < 1.29 is 14.3 Å². The maximum Gasteiger partial charge on any atom is 0.251 e. The molecule has 1 fully saturated rings. The van der Waals surface area contributed by atoms with Crippen LogP contribution in [0.15, 0.2) is 52.6 Å². The fourth-order valence-corrected chi connectivity index (χ4v) is 3.43. The summed E-state index contributed by atoms with van der Waals surface area (Å²) in [5.41, 5.74) is 8.96. The van der Waals surface area contributed by atoms with Gasteiger partial charge in [0.05, 0.1) is 6.10 Å². The number of unbranched alkanes of at least 4 members (excludes halogenated alkanes) is 1. The fraction of sp³-hybridized carbons (Fsp3) is 0.600. The number of carbonyl (C=O) groups is 1. The number of nitrogens with one attached hydrogen (secondary N) is 1. The molecule has 1 rings (SSSR count). The van der Waals surface area contributed by atoms with Crippen molar-refractivity contribution in [3.63, 3.8) is 0 Å². The fourth-order valence-electron chi connectivity index (χ4n) is 3.43. The van der Waals surface area contributed by atoms with Gasteiger partial charge in [-0.05, 0) is 64.0 Å². The summed E-state index contributed by atoms with van der Waals surface area (Å²) in [5.74, 6) is -0.139. The Labute approximate surface area is 188 Å². The Hall–Kier alpha value is -2.02. The first-order chi connectivity index (χ1) is 15.0. The zero-order chi connectivity index (χ0) is 22.9. The number of carbonyl (C=O) groups excluding carboxylic acids is 1. The topological polar surface area (TPSA) is 85.9 Å². The molecule has 3 N–H and O–H groups in total. The van der Waals surface area contributed by atoms with Crippen LogP contribution in [0.3, 0.4) is 0 Å². The molecule has 6 nitrogen and oxygen atoms in total. The van der Waals surface area contributed by atoms with Gasteiger partial charge in [-0.1, -0.05) is 37.3 Å². The molecule has 0 spiro atoms. The second kappa shape index (κ2) is 16.6. The monoisotopic (exact) mass is 431 g/mol. The summed E-state index contributed by atoms with van der Waals surface area (Å²) in [6, 6.07) is 0. The normalized spacial score (nSPS) is 17.7. The minimum absolute atomic E-state index is 0.139. The van der Waals surface area contributed by atoms with E-state index in [0.717, 1.165) is 51.7 Å². The maximum absolute atomic E-state index is 12.4. The van der Waals surface area contributed by atoms with Gasteiger partial charge in [-0.2, -0.15) is 0 Å². The van der Waals surface area contributed by atoms with Crippen LogP contribution < -0.4 is 11.1 Å². The SMILES string of the molecule is C=C/C(=C\C=N/C(C)OC1CCOCC1)C(=O)NCCCCC(/C=C\C)=C(/CC)CN. The molecule has 1 aliphatic rings. The van der Waals surface area contributed by atoms with Crippen LogP contribution in [0.2, 0.25) is 0 Å². The smallest absolute Gasteiger partial charge is 0.251 e. The average molecular weight is 432 g/mol. The standard InChI is InChI=1S/C25H41N3O3/c1-5-10-23(22(7-3)19-26)11-8-9-15-28-25(29)21(6-2)12-16-27-20(4)31-24-13-17-30-18-14-24/h5-6,10,12,16,20,24H,2,7-9,11,13-15,17-19,26H2,1,3-4H3,(H,28,29)/b10-5-,21-12+,23-22-,27-16-. The van der Waals surface area contributed by atoms with Crippen LogP contribution in [0.4, 0.5) is 0 Å². The van der Waals surface area contributed by atoms with Crippen LogP contribution in [0.25, 0.3) is 0 Å². The van der Waals surface area contributed by atoms with E-state index in [2.05, 4.69) is 36.0 Å². The third-order valence-electron chi connectivity index (χ3n) is 5.24. The van der Waals surface area contributed by atoms with Gasteiger partial charge in [0.2, 0.25) is 0 Å². The maximum atomic E-state index is 12.4. The molecular formula is C25H41N3O3. The number of nitrogens with zero attached hydrogens (tertiary/aromatic N) is 1. The van der Waals surface area contributed by atoms with Gasteiger partial charge in [0.25, 0.3) is 5.91 Å². The molecule has 0 aromatic carbocycles. The van der Waals surface area contributed by atoms with Crippen molar-refractivity contribution >= 4 is 12.1 Å². The van der Waals surface area contributed by atoms with Crippen molar-refractivity contribution in [1.29, 1.82) is 0 Å². The van der Waals surface area contributed by atoms with E-state index in [9.17, 15) is 4.79 Å². The lowest BCUT2D eigenvalue weighted by Crippen LogP contribution is -2.26. The predicted molar refractivity (Wildman–Crippen MR) is 129 cm³/mol. The van der Waals surface area contributed by atoms with Crippen LogP contribution in [0.5, 0.6) is 0 Å². The first-order valence-corrected chi connectivity index (χ1v) is 11.5. The lowest BCUT2D eigenvalue weighted by Gasteiger charge is -2.24. The minimum atomic E-state index is -0.255. The van der Waals surface area contributed by atoms with E-state index < -0.39 is 0 Å². The van der Waals surface area contributed by atoms with E-state index in [1.165, 1.54) is 11.1 Å². The molecule has 1 unspecified atom stereocenters. The third kappa shape index (κ3) is 11.2. The number of aliphatic imine (C=N–C) groups is 1. The molecule has 174 valence electrons. The first-order valence-electron chi connectivity index (χ1n) is 11.5. The summed E-state index contributed by atoms with van der Waals surface area (Å²) in [5, 5.41) is 2.96.